The third-order valence-electron chi connectivity index (χ3n) is 3.40. The van der Waals surface area contributed by atoms with Gasteiger partial charge in [0.15, 0.2) is 0 Å². The topological polar surface area (TPSA) is 43.2 Å². The fraction of sp³-hybridized carbons (Fsp3) is 0.467. The van der Waals surface area contributed by atoms with Gasteiger partial charge in [0.25, 0.3) is 0 Å². The Morgan fingerprint density at radius 1 is 1.20 bits per heavy atom. The van der Waals surface area contributed by atoms with Crippen molar-refractivity contribution in [2.24, 2.45) is 9.98 Å². The number of rotatable bonds is 4. The van der Waals surface area contributed by atoms with E-state index in [1.165, 1.54) is 0 Å². The second kappa shape index (κ2) is 7.77. The third kappa shape index (κ3) is 4.43. The second-order valence-electron chi connectivity index (χ2n) is 4.97. The Morgan fingerprint density at radius 3 is 2.55 bits per heavy atom. The molecule has 5 heteroatoms. The number of amidine groups is 1. The molecule has 0 aliphatic carbocycles. The van der Waals surface area contributed by atoms with E-state index in [4.69, 9.17) is 4.99 Å². The Hall–Kier alpha value is -1.72. The maximum Gasteiger partial charge on any atom is 0.134 e. The summed E-state index contributed by atoms with van der Waals surface area (Å²) in [7, 11) is 3.91. The van der Waals surface area contributed by atoms with E-state index in [2.05, 4.69) is 39.3 Å². The van der Waals surface area contributed by atoms with E-state index in [9.17, 15) is 0 Å². The lowest BCUT2D eigenvalue weighted by molar-refractivity contribution is 0.158. The molecule has 1 aliphatic heterocycles. The van der Waals surface area contributed by atoms with E-state index in [-0.39, 0.29) is 0 Å². The van der Waals surface area contributed by atoms with Gasteiger partial charge >= 0.3 is 0 Å². The molecule has 0 unspecified atom stereocenters. The molecule has 0 bridgehead atoms. The van der Waals surface area contributed by atoms with Crippen LogP contribution in [0.1, 0.15) is 5.56 Å². The molecule has 0 spiro atoms. The minimum atomic E-state index is 0.725. The highest BCUT2D eigenvalue weighted by Crippen LogP contribution is 2.02. The summed E-state index contributed by atoms with van der Waals surface area (Å²) in [6.45, 7) is 5.09. The van der Waals surface area contributed by atoms with Crippen LogP contribution in [0.2, 0.25) is 0 Å². The first kappa shape index (κ1) is 14.7. The van der Waals surface area contributed by atoms with E-state index < -0.39 is 0 Å². The number of hydrogen-bond acceptors (Lipinski definition) is 4. The molecule has 108 valence electrons. The maximum atomic E-state index is 4.70. The van der Waals surface area contributed by atoms with Crippen molar-refractivity contribution >= 4 is 12.2 Å². The van der Waals surface area contributed by atoms with Gasteiger partial charge < -0.3 is 10.2 Å². The predicted octanol–water partition coefficient (Wildman–Crippen LogP) is 0.886. The molecular weight excluding hydrogens is 250 g/mol. The molecule has 5 nitrogen and oxygen atoms in total. The molecule has 0 amide bonds. The van der Waals surface area contributed by atoms with Crippen LogP contribution in [0.3, 0.4) is 0 Å². The largest absolute Gasteiger partial charge is 0.331 e. The number of benzene rings is 1. The average molecular weight is 273 g/mol. The van der Waals surface area contributed by atoms with Gasteiger partial charge in [-0.1, -0.05) is 30.3 Å². The molecule has 1 heterocycles. The summed E-state index contributed by atoms with van der Waals surface area (Å²) >= 11 is 0. The van der Waals surface area contributed by atoms with Crippen molar-refractivity contribution in [1.29, 1.82) is 0 Å². The Balaban J connectivity index is 2.01. The average Bonchev–Trinajstić information content (AvgIpc) is 2.50. The highest BCUT2D eigenvalue weighted by atomic mass is 15.3. The van der Waals surface area contributed by atoms with E-state index in [1.54, 1.807) is 13.4 Å². The van der Waals surface area contributed by atoms with Crippen LogP contribution in [0.25, 0.3) is 0 Å². The molecule has 1 saturated heterocycles. The SMILES string of the molecule is CN=CNC(=NCN1CCN(C)CC1)c1ccccc1. The van der Waals surface area contributed by atoms with Crippen molar-refractivity contribution in [3.8, 4) is 0 Å². The second-order valence-corrected chi connectivity index (χ2v) is 4.97. The molecule has 0 radical (unpaired) electrons. The number of piperazine rings is 1. The number of hydrogen-bond donors (Lipinski definition) is 1. The molecular formula is C15H23N5. The summed E-state index contributed by atoms with van der Waals surface area (Å²) < 4.78 is 0. The number of nitrogens with one attached hydrogen (secondary N) is 1. The van der Waals surface area contributed by atoms with Gasteiger partial charge in [0.1, 0.15) is 5.84 Å². The van der Waals surface area contributed by atoms with Gasteiger partial charge in [0, 0.05) is 38.8 Å². The van der Waals surface area contributed by atoms with Crippen LogP contribution in [0.4, 0.5) is 0 Å². The van der Waals surface area contributed by atoms with Gasteiger partial charge in [0.05, 0.1) is 13.0 Å². The summed E-state index contributed by atoms with van der Waals surface area (Å²) in [5, 5.41) is 3.16. The van der Waals surface area contributed by atoms with Crippen molar-refractivity contribution in [2.75, 3.05) is 46.9 Å². The Morgan fingerprint density at radius 2 is 1.90 bits per heavy atom. The van der Waals surface area contributed by atoms with Crippen molar-refractivity contribution < 1.29 is 0 Å². The summed E-state index contributed by atoms with van der Waals surface area (Å²) in [5.74, 6) is 0.870. The maximum absolute atomic E-state index is 4.70. The monoisotopic (exact) mass is 273 g/mol. The molecule has 0 saturated carbocycles. The van der Waals surface area contributed by atoms with Crippen LogP contribution >= 0.6 is 0 Å². The fourth-order valence-corrected chi connectivity index (χ4v) is 2.10. The molecule has 0 aromatic heterocycles. The quantitative estimate of drug-likeness (QED) is 0.654. The Labute approximate surface area is 121 Å². The summed E-state index contributed by atoms with van der Waals surface area (Å²) in [4.78, 5) is 13.4. The van der Waals surface area contributed by atoms with Crippen LogP contribution in [0.5, 0.6) is 0 Å². The predicted molar refractivity (Wildman–Crippen MR) is 84.5 cm³/mol. The normalized spacial score (nSPS) is 18.6. The van der Waals surface area contributed by atoms with Gasteiger partial charge in [-0.15, -0.1) is 0 Å². The standard InChI is InChI=1S/C15H23N5/c1-16-12-17-15(14-6-4-3-5-7-14)18-13-20-10-8-19(2)9-11-20/h3-7,12H,8-11,13H2,1-2H3,(H,16,17,18). The van der Waals surface area contributed by atoms with Crippen molar-refractivity contribution in [3.63, 3.8) is 0 Å². The zero-order valence-corrected chi connectivity index (χ0v) is 12.3. The highest BCUT2D eigenvalue weighted by molar-refractivity contribution is 6.04. The van der Waals surface area contributed by atoms with Crippen LogP contribution in [0, 0.1) is 0 Å². The Kier molecular flexibility index (Phi) is 5.70. The van der Waals surface area contributed by atoms with Crippen LogP contribution in [-0.4, -0.2) is 68.9 Å². The first-order chi connectivity index (χ1) is 9.79. The van der Waals surface area contributed by atoms with E-state index in [0.717, 1.165) is 44.2 Å². The van der Waals surface area contributed by atoms with Gasteiger partial charge in [-0.3, -0.25) is 14.9 Å². The fourth-order valence-electron chi connectivity index (χ4n) is 2.10. The summed E-state index contributed by atoms with van der Waals surface area (Å²) in [5.41, 5.74) is 1.08. The van der Waals surface area contributed by atoms with Gasteiger partial charge in [0.2, 0.25) is 0 Å². The lowest BCUT2D eigenvalue weighted by atomic mass is 10.2. The molecule has 1 aliphatic rings. The van der Waals surface area contributed by atoms with E-state index >= 15 is 0 Å². The van der Waals surface area contributed by atoms with Gasteiger partial charge in [-0.05, 0) is 7.05 Å². The molecule has 1 aromatic rings. The van der Waals surface area contributed by atoms with E-state index in [1.807, 2.05) is 18.2 Å². The highest BCUT2D eigenvalue weighted by Gasteiger charge is 2.13. The van der Waals surface area contributed by atoms with Crippen molar-refractivity contribution in [2.45, 2.75) is 0 Å². The molecule has 2 rings (SSSR count). The molecule has 1 aromatic carbocycles. The minimum Gasteiger partial charge on any atom is -0.331 e. The number of likely N-dealkylation sites (N-methyl/N-ethyl adjacent to an activating group) is 1. The van der Waals surface area contributed by atoms with Crippen LogP contribution in [-0.2, 0) is 0 Å². The first-order valence-electron chi connectivity index (χ1n) is 6.97. The molecule has 1 N–H and O–H groups in total. The Bertz CT molecular complexity index is 447. The third-order valence-corrected chi connectivity index (χ3v) is 3.40. The van der Waals surface area contributed by atoms with Crippen molar-refractivity contribution in [3.05, 3.63) is 35.9 Å². The van der Waals surface area contributed by atoms with Crippen molar-refractivity contribution in [1.82, 2.24) is 15.1 Å². The van der Waals surface area contributed by atoms with Crippen LogP contribution < -0.4 is 5.32 Å². The lowest BCUT2D eigenvalue weighted by Crippen LogP contribution is -2.44. The molecule has 20 heavy (non-hydrogen) atoms. The van der Waals surface area contributed by atoms with E-state index in [0.29, 0.717) is 0 Å². The zero-order chi connectivity index (χ0) is 14.2. The lowest BCUT2D eigenvalue weighted by Gasteiger charge is -2.31. The molecule has 1 fully saturated rings. The number of aliphatic imine (C=N–C) groups is 2. The number of nitrogens with zero attached hydrogens (tertiary/aromatic N) is 4. The smallest absolute Gasteiger partial charge is 0.134 e. The van der Waals surface area contributed by atoms with Gasteiger partial charge in [-0.2, -0.15) is 0 Å². The first-order valence-corrected chi connectivity index (χ1v) is 6.97. The zero-order valence-electron chi connectivity index (χ0n) is 12.3. The summed E-state index contributed by atoms with van der Waals surface area (Å²) in [6, 6.07) is 10.2. The van der Waals surface area contributed by atoms with Gasteiger partial charge in [-0.25, -0.2) is 0 Å². The van der Waals surface area contributed by atoms with Crippen LogP contribution in [0.15, 0.2) is 40.3 Å². The minimum absolute atomic E-state index is 0.725. The summed E-state index contributed by atoms with van der Waals surface area (Å²) in [6.07, 6.45) is 1.68. The molecule has 0 atom stereocenters.